The fourth-order valence-electron chi connectivity index (χ4n) is 4.54. The zero-order valence-electron chi connectivity index (χ0n) is 22.9. The van der Waals surface area contributed by atoms with E-state index in [4.69, 9.17) is 14.2 Å². The second-order valence-electron chi connectivity index (χ2n) is 10.0. The Morgan fingerprint density at radius 1 is 0.884 bits per heavy atom. The average Bonchev–Trinajstić information content (AvgIpc) is 3.67. The minimum absolute atomic E-state index is 0.0841. The van der Waals surface area contributed by atoms with Crippen molar-refractivity contribution >= 4 is 46.0 Å². The third kappa shape index (κ3) is 5.85. The largest absolute Gasteiger partial charge is 0.493 e. The molecule has 12 heteroatoms. The average molecular weight is 586 g/mol. The highest BCUT2D eigenvalue weighted by Gasteiger charge is 2.56. The van der Waals surface area contributed by atoms with Crippen LogP contribution in [-0.4, -0.2) is 42.4 Å². The fraction of sp³-hybridized carbons (Fsp3) is 0.194. The van der Waals surface area contributed by atoms with Gasteiger partial charge in [0.25, 0.3) is 0 Å². The van der Waals surface area contributed by atoms with E-state index in [1.807, 2.05) is 0 Å². The van der Waals surface area contributed by atoms with Crippen LogP contribution < -0.4 is 24.8 Å². The predicted molar refractivity (Wildman–Crippen MR) is 156 cm³/mol. The van der Waals surface area contributed by atoms with Crippen molar-refractivity contribution in [1.82, 2.24) is 4.98 Å². The molecule has 1 fully saturated rings. The molecule has 218 valence electrons. The summed E-state index contributed by atoms with van der Waals surface area (Å²) in [5.41, 5.74) is 0.572. The number of aromatic nitrogens is 1. The normalized spacial score (nSPS) is 14.6. The number of nitrogens with zero attached hydrogens (tertiary/aromatic N) is 3. The van der Waals surface area contributed by atoms with Crippen LogP contribution in [0.2, 0.25) is 0 Å². The Morgan fingerprint density at radius 2 is 1.63 bits per heavy atom. The highest BCUT2D eigenvalue weighted by molar-refractivity contribution is 6.17. The number of methoxy groups -OCH3 is 1. The summed E-state index contributed by atoms with van der Waals surface area (Å²) in [5.74, 6) is -1.10. The highest BCUT2D eigenvalue weighted by Crippen LogP contribution is 2.47. The van der Waals surface area contributed by atoms with Gasteiger partial charge in [0.1, 0.15) is 23.6 Å². The summed E-state index contributed by atoms with van der Waals surface area (Å²) in [4.78, 5) is 30.2. The van der Waals surface area contributed by atoms with E-state index in [9.17, 15) is 14.0 Å². The van der Waals surface area contributed by atoms with Crippen molar-refractivity contribution in [3.63, 3.8) is 0 Å². The Balaban J connectivity index is 1.15. The van der Waals surface area contributed by atoms with Crippen LogP contribution in [0.1, 0.15) is 19.3 Å². The van der Waals surface area contributed by atoms with Gasteiger partial charge in [-0.3, -0.25) is 14.6 Å². The van der Waals surface area contributed by atoms with Crippen molar-refractivity contribution in [2.45, 2.75) is 19.3 Å². The quantitative estimate of drug-likeness (QED) is 0.224. The van der Waals surface area contributed by atoms with Crippen LogP contribution in [-0.2, 0) is 9.59 Å². The minimum Gasteiger partial charge on any atom is -0.493 e. The number of hydrogen-bond acceptors (Lipinski definition) is 8. The molecule has 1 aromatic heterocycles. The highest BCUT2D eigenvalue weighted by atomic mass is 19.1. The molecule has 2 N–H and O–H groups in total. The number of hydrogen-bond donors (Lipinski definition) is 2. The molecule has 1 aliphatic carbocycles. The van der Waals surface area contributed by atoms with E-state index in [2.05, 4.69) is 25.8 Å². The number of ether oxygens (including phenoxy) is 3. The molecular formula is C31H25F2N5O5. The van der Waals surface area contributed by atoms with Gasteiger partial charge in [0.15, 0.2) is 23.1 Å². The molecule has 3 aromatic carbocycles. The van der Waals surface area contributed by atoms with Crippen LogP contribution in [0.3, 0.4) is 0 Å². The van der Waals surface area contributed by atoms with Crippen LogP contribution in [0.4, 0.5) is 20.2 Å². The van der Waals surface area contributed by atoms with Crippen molar-refractivity contribution < 1.29 is 32.6 Å². The SMILES string of the molecule is COc1cc2c(Oc3ccc(NC(=O)C4(C(=O)Nc5ccc(F)cc5)CC4)cc3F)ccnc2cc1OCC1=NN=CC1. The standard InChI is InChI=1S/C31H25F2N5O5/c1-41-27-15-22-24(16-28(27)42-17-21-8-13-35-38-21)34-12-9-25(22)43-26-7-6-20(14-23(26)33)37-30(40)31(10-11-31)29(39)36-19-4-2-18(32)3-5-19/h2-7,9,12-16H,8,10-11,17H2,1H3,(H,36,39)(H,37,40). The van der Waals surface area contributed by atoms with Gasteiger partial charge in [0.2, 0.25) is 11.8 Å². The first kappa shape index (κ1) is 27.8. The second kappa shape index (κ2) is 11.5. The summed E-state index contributed by atoms with van der Waals surface area (Å²) >= 11 is 0. The topological polar surface area (TPSA) is 124 Å². The summed E-state index contributed by atoms with van der Waals surface area (Å²) in [6, 6.07) is 14.2. The molecule has 43 heavy (non-hydrogen) atoms. The van der Waals surface area contributed by atoms with Gasteiger partial charge in [-0.2, -0.15) is 10.2 Å². The molecule has 10 nitrogen and oxygen atoms in total. The zero-order valence-corrected chi connectivity index (χ0v) is 22.9. The molecule has 2 heterocycles. The third-order valence-electron chi connectivity index (χ3n) is 7.12. The number of carbonyl (C=O) groups is 2. The molecule has 0 radical (unpaired) electrons. The Kier molecular flexibility index (Phi) is 7.41. The van der Waals surface area contributed by atoms with Gasteiger partial charge in [0.05, 0.1) is 18.3 Å². The first-order chi connectivity index (χ1) is 20.8. The van der Waals surface area contributed by atoms with Crippen molar-refractivity contribution in [2.75, 3.05) is 24.4 Å². The third-order valence-corrected chi connectivity index (χ3v) is 7.12. The van der Waals surface area contributed by atoms with E-state index >= 15 is 4.39 Å². The van der Waals surface area contributed by atoms with Crippen molar-refractivity contribution in [3.8, 4) is 23.0 Å². The van der Waals surface area contributed by atoms with E-state index in [-0.39, 0.29) is 18.0 Å². The Bertz CT molecular complexity index is 1790. The summed E-state index contributed by atoms with van der Waals surface area (Å²) in [6.07, 6.45) is 4.52. The minimum atomic E-state index is -1.28. The Morgan fingerprint density at radius 3 is 2.30 bits per heavy atom. The summed E-state index contributed by atoms with van der Waals surface area (Å²) < 4.78 is 45.6. The van der Waals surface area contributed by atoms with E-state index in [0.29, 0.717) is 53.1 Å². The number of nitrogens with one attached hydrogen (secondary N) is 2. The predicted octanol–water partition coefficient (Wildman–Crippen LogP) is 5.88. The molecule has 1 saturated carbocycles. The second-order valence-corrected chi connectivity index (χ2v) is 10.0. The number of benzene rings is 3. The van der Waals surface area contributed by atoms with Gasteiger partial charge in [-0.1, -0.05) is 0 Å². The molecule has 0 bridgehead atoms. The lowest BCUT2D eigenvalue weighted by molar-refractivity contribution is -0.131. The number of anilines is 2. The smallest absolute Gasteiger partial charge is 0.240 e. The van der Waals surface area contributed by atoms with Crippen LogP contribution in [0, 0.1) is 17.0 Å². The van der Waals surface area contributed by atoms with Gasteiger partial charge < -0.3 is 24.8 Å². The van der Waals surface area contributed by atoms with Crippen molar-refractivity contribution in [1.29, 1.82) is 0 Å². The molecule has 0 spiro atoms. The van der Waals surface area contributed by atoms with Crippen LogP contribution >= 0.6 is 0 Å². The molecule has 0 saturated heterocycles. The number of pyridine rings is 1. The first-order valence-corrected chi connectivity index (χ1v) is 13.4. The molecule has 6 rings (SSSR count). The van der Waals surface area contributed by atoms with Crippen LogP contribution in [0.5, 0.6) is 23.0 Å². The van der Waals surface area contributed by atoms with Crippen LogP contribution in [0.25, 0.3) is 10.9 Å². The monoisotopic (exact) mass is 585 g/mol. The van der Waals surface area contributed by atoms with Gasteiger partial charge in [-0.05, 0) is 61.4 Å². The van der Waals surface area contributed by atoms with E-state index < -0.39 is 28.9 Å². The summed E-state index contributed by atoms with van der Waals surface area (Å²) in [5, 5.41) is 13.7. The van der Waals surface area contributed by atoms with E-state index in [1.165, 1.54) is 49.7 Å². The van der Waals surface area contributed by atoms with Crippen molar-refractivity contribution in [3.05, 3.63) is 78.5 Å². The number of fused-ring (bicyclic) bond motifs is 1. The van der Waals surface area contributed by atoms with Gasteiger partial charge in [0, 0.05) is 47.7 Å². The number of carbonyl (C=O) groups excluding carboxylic acids is 2. The van der Waals surface area contributed by atoms with E-state index in [1.54, 1.807) is 24.4 Å². The van der Waals surface area contributed by atoms with Gasteiger partial charge in [-0.15, -0.1) is 0 Å². The van der Waals surface area contributed by atoms with Gasteiger partial charge >= 0.3 is 0 Å². The van der Waals surface area contributed by atoms with Crippen molar-refractivity contribution in [2.24, 2.45) is 15.6 Å². The molecule has 2 aliphatic rings. The zero-order chi connectivity index (χ0) is 30.0. The lowest BCUT2D eigenvalue weighted by Gasteiger charge is -2.16. The first-order valence-electron chi connectivity index (χ1n) is 13.4. The number of rotatable bonds is 10. The number of amides is 2. The molecule has 4 aromatic rings. The van der Waals surface area contributed by atoms with Crippen LogP contribution in [0.15, 0.2) is 77.1 Å². The maximum atomic E-state index is 15.2. The molecule has 0 unspecified atom stereocenters. The fourth-order valence-corrected chi connectivity index (χ4v) is 4.54. The number of halogens is 2. The molecule has 0 atom stereocenters. The lowest BCUT2D eigenvalue weighted by Crippen LogP contribution is -2.35. The lowest BCUT2D eigenvalue weighted by atomic mass is 10.0. The maximum absolute atomic E-state index is 15.2. The van der Waals surface area contributed by atoms with E-state index in [0.717, 1.165) is 11.8 Å². The molecular weight excluding hydrogens is 560 g/mol. The maximum Gasteiger partial charge on any atom is 0.240 e. The summed E-state index contributed by atoms with van der Waals surface area (Å²) in [6.45, 7) is 0.242. The Hall–Kier alpha value is -5.39. The molecule has 2 amide bonds. The summed E-state index contributed by atoms with van der Waals surface area (Å²) in [7, 11) is 1.51. The Labute approximate surface area is 244 Å². The van der Waals surface area contributed by atoms with Gasteiger partial charge in [-0.25, -0.2) is 8.78 Å². The molecule has 1 aliphatic heterocycles.